The molecule has 0 saturated carbocycles. The first-order valence-corrected chi connectivity index (χ1v) is 7.87. The van der Waals surface area contributed by atoms with Crippen molar-refractivity contribution in [2.45, 2.75) is 26.3 Å². The van der Waals surface area contributed by atoms with Crippen LogP contribution in [0, 0.1) is 13.8 Å². The molecule has 2 N–H and O–H groups in total. The van der Waals surface area contributed by atoms with Gasteiger partial charge in [0.2, 0.25) is 11.8 Å². The van der Waals surface area contributed by atoms with E-state index in [1.807, 2.05) is 32.0 Å². The van der Waals surface area contributed by atoms with Crippen LogP contribution in [0.1, 0.15) is 17.5 Å². The molecule has 1 aromatic rings. The lowest BCUT2D eigenvalue weighted by molar-refractivity contribution is -0.146. The highest BCUT2D eigenvalue weighted by molar-refractivity contribution is 5.95. The number of nitrogens with one attached hydrogen (secondary N) is 2. The predicted octanol–water partition coefficient (Wildman–Crippen LogP) is 0.605. The molecule has 1 atom stereocenters. The molecule has 0 bridgehead atoms. The smallest absolute Gasteiger partial charge is 0.307 e. The maximum Gasteiger partial charge on any atom is 0.307 e. The van der Waals surface area contributed by atoms with Crippen LogP contribution in [0.2, 0.25) is 0 Å². The maximum absolute atomic E-state index is 12.4. The first-order chi connectivity index (χ1) is 11.4. The van der Waals surface area contributed by atoms with Crippen LogP contribution in [-0.4, -0.2) is 55.5 Å². The number of carbonyl (C=O) groups is 3. The average molecular weight is 333 g/mol. The fourth-order valence-electron chi connectivity index (χ4n) is 2.79. The highest BCUT2D eigenvalue weighted by Gasteiger charge is 2.33. The Balaban J connectivity index is 2.05. The zero-order valence-electron chi connectivity index (χ0n) is 14.2. The number of benzene rings is 1. The van der Waals surface area contributed by atoms with E-state index in [0.717, 1.165) is 16.8 Å². The fourth-order valence-corrected chi connectivity index (χ4v) is 2.79. The number of nitrogens with zero attached hydrogens (tertiary/aromatic N) is 1. The number of carbonyl (C=O) groups excluding carboxylic acids is 3. The predicted molar refractivity (Wildman–Crippen MR) is 89.5 cm³/mol. The molecule has 0 aromatic heterocycles. The van der Waals surface area contributed by atoms with E-state index in [0.29, 0.717) is 13.1 Å². The van der Waals surface area contributed by atoms with Crippen molar-refractivity contribution < 1.29 is 19.1 Å². The number of hydrogen-bond donors (Lipinski definition) is 2. The van der Waals surface area contributed by atoms with Gasteiger partial charge in [-0.05, 0) is 25.0 Å². The van der Waals surface area contributed by atoms with E-state index < -0.39 is 12.0 Å². The van der Waals surface area contributed by atoms with Gasteiger partial charge >= 0.3 is 5.97 Å². The zero-order valence-corrected chi connectivity index (χ0v) is 14.2. The number of methoxy groups -OCH3 is 1. The Hall–Kier alpha value is -2.41. The van der Waals surface area contributed by atoms with Crippen molar-refractivity contribution in [2.75, 3.05) is 32.1 Å². The van der Waals surface area contributed by atoms with Crippen molar-refractivity contribution in [1.82, 2.24) is 10.2 Å². The van der Waals surface area contributed by atoms with Gasteiger partial charge in [0, 0.05) is 18.8 Å². The van der Waals surface area contributed by atoms with Crippen LogP contribution in [0.15, 0.2) is 18.2 Å². The normalized spacial score (nSPS) is 18.0. The molecule has 1 aliphatic rings. The van der Waals surface area contributed by atoms with Crippen molar-refractivity contribution in [1.29, 1.82) is 0 Å². The van der Waals surface area contributed by atoms with Crippen LogP contribution in [0.3, 0.4) is 0 Å². The van der Waals surface area contributed by atoms with E-state index in [4.69, 9.17) is 0 Å². The third kappa shape index (κ3) is 4.32. The van der Waals surface area contributed by atoms with Crippen molar-refractivity contribution in [3.05, 3.63) is 29.3 Å². The van der Waals surface area contributed by atoms with Gasteiger partial charge in [0.15, 0.2) is 0 Å². The summed E-state index contributed by atoms with van der Waals surface area (Å²) in [5.74, 6) is -0.944. The maximum atomic E-state index is 12.4. The van der Waals surface area contributed by atoms with E-state index >= 15 is 0 Å². The molecule has 130 valence electrons. The lowest BCUT2D eigenvalue weighted by Gasteiger charge is -2.33. The molecular formula is C17H23N3O4. The Kier molecular flexibility index (Phi) is 5.92. The topological polar surface area (TPSA) is 87.7 Å². The second-order valence-corrected chi connectivity index (χ2v) is 5.87. The Bertz CT molecular complexity index is 624. The van der Waals surface area contributed by atoms with Crippen LogP contribution < -0.4 is 10.6 Å². The Labute approximate surface area is 141 Å². The van der Waals surface area contributed by atoms with Crippen molar-refractivity contribution >= 4 is 23.5 Å². The molecule has 2 amide bonds. The van der Waals surface area contributed by atoms with Gasteiger partial charge in [0.1, 0.15) is 6.04 Å². The average Bonchev–Trinajstić information content (AvgIpc) is 2.54. The molecule has 24 heavy (non-hydrogen) atoms. The molecule has 0 radical (unpaired) electrons. The molecule has 2 rings (SSSR count). The van der Waals surface area contributed by atoms with Gasteiger partial charge in [-0.2, -0.15) is 0 Å². The van der Waals surface area contributed by atoms with E-state index in [-0.39, 0.29) is 24.8 Å². The van der Waals surface area contributed by atoms with Crippen molar-refractivity contribution in [2.24, 2.45) is 0 Å². The van der Waals surface area contributed by atoms with Crippen LogP contribution in [-0.2, 0) is 19.1 Å². The standard InChI is InChI=1S/C17H23N3O4/c1-11-5-4-6-12(2)16(11)19-14(21)10-20-8-7-18-17(23)13(20)9-15(22)24-3/h4-6,13H,7-10H2,1-3H3,(H,18,23)(H,19,21). The summed E-state index contributed by atoms with van der Waals surface area (Å²) in [6.07, 6.45) is -0.0704. The minimum Gasteiger partial charge on any atom is -0.469 e. The minimum absolute atomic E-state index is 0.0445. The van der Waals surface area contributed by atoms with E-state index in [1.54, 1.807) is 4.90 Å². The molecule has 1 fully saturated rings. The summed E-state index contributed by atoms with van der Waals surface area (Å²) in [4.78, 5) is 37.6. The third-order valence-electron chi connectivity index (χ3n) is 4.12. The largest absolute Gasteiger partial charge is 0.469 e. The molecule has 1 aliphatic heterocycles. The molecular weight excluding hydrogens is 310 g/mol. The molecule has 0 spiro atoms. The Morgan fingerprint density at radius 1 is 1.33 bits per heavy atom. The summed E-state index contributed by atoms with van der Waals surface area (Å²) in [5.41, 5.74) is 2.74. The number of ether oxygens (including phenoxy) is 1. The van der Waals surface area contributed by atoms with Crippen LogP contribution in [0.25, 0.3) is 0 Å². The molecule has 1 heterocycles. The molecule has 7 nitrogen and oxygen atoms in total. The number of anilines is 1. The van der Waals surface area contributed by atoms with Gasteiger partial charge in [-0.1, -0.05) is 18.2 Å². The number of hydrogen-bond acceptors (Lipinski definition) is 5. The summed E-state index contributed by atoms with van der Waals surface area (Å²) in [6.45, 7) is 4.86. The second kappa shape index (κ2) is 7.92. The molecule has 1 unspecified atom stereocenters. The zero-order chi connectivity index (χ0) is 17.7. The molecule has 7 heteroatoms. The first-order valence-electron chi connectivity index (χ1n) is 7.87. The summed E-state index contributed by atoms with van der Waals surface area (Å²) in [7, 11) is 1.28. The number of aryl methyl sites for hydroxylation is 2. The summed E-state index contributed by atoms with van der Waals surface area (Å²) in [6, 6.07) is 5.10. The van der Waals surface area contributed by atoms with Crippen LogP contribution in [0.5, 0.6) is 0 Å². The molecule has 1 saturated heterocycles. The number of para-hydroxylation sites is 1. The van der Waals surface area contributed by atoms with E-state index in [2.05, 4.69) is 15.4 Å². The van der Waals surface area contributed by atoms with E-state index in [9.17, 15) is 14.4 Å². The highest BCUT2D eigenvalue weighted by Crippen LogP contribution is 2.19. The minimum atomic E-state index is -0.685. The van der Waals surface area contributed by atoms with Crippen molar-refractivity contribution in [3.8, 4) is 0 Å². The van der Waals surface area contributed by atoms with Gasteiger partial charge in [-0.3, -0.25) is 19.3 Å². The second-order valence-electron chi connectivity index (χ2n) is 5.87. The van der Waals surface area contributed by atoms with E-state index in [1.165, 1.54) is 7.11 Å². The summed E-state index contributed by atoms with van der Waals surface area (Å²) in [5, 5.41) is 5.61. The first kappa shape index (κ1) is 17.9. The third-order valence-corrected chi connectivity index (χ3v) is 4.12. The SMILES string of the molecule is COC(=O)CC1C(=O)NCCN1CC(=O)Nc1c(C)cccc1C. The van der Waals surface area contributed by atoms with Gasteiger partial charge in [0.25, 0.3) is 0 Å². The van der Waals surface area contributed by atoms with Crippen LogP contribution >= 0.6 is 0 Å². The Morgan fingerprint density at radius 3 is 2.62 bits per heavy atom. The number of rotatable bonds is 5. The number of piperazine rings is 1. The van der Waals surface area contributed by atoms with Gasteiger partial charge in [0.05, 0.1) is 20.1 Å². The lowest BCUT2D eigenvalue weighted by atomic mass is 10.1. The van der Waals surface area contributed by atoms with Gasteiger partial charge in [-0.25, -0.2) is 0 Å². The lowest BCUT2D eigenvalue weighted by Crippen LogP contribution is -2.57. The fraction of sp³-hybridized carbons (Fsp3) is 0.471. The van der Waals surface area contributed by atoms with Gasteiger partial charge < -0.3 is 15.4 Å². The monoisotopic (exact) mass is 333 g/mol. The Morgan fingerprint density at radius 2 is 2.00 bits per heavy atom. The quantitative estimate of drug-likeness (QED) is 0.771. The number of amides is 2. The molecule has 1 aromatic carbocycles. The number of esters is 1. The highest BCUT2D eigenvalue weighted by atomic mass is 16.5. The summed E-state index contributed by atoms with van der Waals surface area (Å²) >= 11 is 0. The summed E-state index contributed by atoms with van der Waals surface area (Å²) < 4.78 is 4.64. The van der Waals surface area contributed by atoms with Gasteiger partial charge in [-0.15, -0.1) is 0 Å². The van der Waals surface area contributed by atoms with Crippen molar-refractivity contribution in [3.63, 3.8) is 0 Å². The molecule has 0 aliphatic carbocycles. The van der Waals surface area contributed by atoms with Crippen LogP contribution in [0.4, 0.5) is 5.69 Å².